The van der Waals surface area contributed by atoms with Gasteiger partial charge in [0.15, 0.2) is 14.3 Å². The Balaban J connectivity index is 1.41. The van der Waals surface area contributed by atoms with E-state index in [2.05, 4.69) is 0 Å². The van der Waals surface area contributed by atoms with Crippen molar-refractivity contribution >= 4 is 55.9 Å². The van der Waals surface area contributed by atoms with Crippen LogP contribution in [0.1, 0.15) is 0 Å². The quantitative estimate of drug-likeness (QED) is 0.222. The molecule has 0 fully saturated rings. The van der Waals surface area contributed by atoms with Crippen molar-refractivity contribution < 1.29 is 17.5 Å². The van der Waals surface area contributed by atoms with E-state index in [1.807, 2.05) is 121 Å². The summed E-state index contributed by atoms with van der Waals surface area (Å²) < 4.78 is 58.3. The highest BCUT2D eigenvalue weighted by atomic mass is 32.2. The molecule has 1 aliphatic rings. The maximum absolute atomic E-state index is 15.0. The lowest BCUT2D eigenvalue weighted by Crippen LogP contribution is -2.25. The minimum atomic E-state index is -4.00. The predicted octanol–water partition coefficient (Wildman–Crippen LogP) is 5.78. The number of fused-ring (bicyclic) bond motifs is 3. The zero-order valence-electron chi connectivity index (χ0n) is 22.9. The smallest absolute Gasteiger partial charge is 0.207 e. The van der Waals surface area contributed by atoms with E-state index in [1.54, 1.807) is 36.4 Å². The molecular weight excluding hydrogens is 590 g/mol. The molecular formula is C36H26O4P2S. The molecule has 6 aromatic carbocycles. The van der Waals surface area contributed by atoms with Crippen molar-refractivity contribution in [3.63, 3.8) is 0 Å². The largest absolute Gasteiger partial charge is 0.309 e. The standard InChI is InChI=1S/C36H26O4P2S/c37-41(27-13-5-1-6-14-27,28-15-7-2-8-16-28)31-21-23-33-34-24-22-32(26-36(34)43(39,40)35(33)25-31)42(38,29-17-9-3-10-18-29)30-19-11-4-12-20-30/h1-26H. The van der Waals surface area contributed by atoms with E-state index in [0.717, 1.165) is 0 Å². The molecule has 43 heavy (non-hydrogen) atoms. The third kappa shape index (κ3) is 4.31. The first-order chi connectivity index (χ1) is 20.8. The van der Waals surface area contributed by atoms with Gasteiger partial charge in [0.25, 0.3) is 0 Å². The summed E-state index contributed by atoms with van der Waals surface area (Å²) in [6.07, 6.45) is 0. The van der Waals surface area contributed by atoms with E-state index in [4.69, 9.17) is 0 Å². The summed E-state index contributed by atoms with van der Waals surface area (Å²) >= 11 is 0. The topological polar surface area (TPSA) is 68.3 Å². The summed E-state index contributed by atoms with van der Waals surface area (Å²) in [5, 5.41) is 3.40. The fourth-order valence-electron chi connectivity index (χ4n) is 5.87. The van der Waals surface area contributed by atoms with Crippen LogP contribution in [0.25, 0.3) is 11.1 Å². The number of hydrogen-bond donors (Lipinski definition) is 0. The molecule has 1 heterocycles. The van der Waals surface area contributed by atoms with Crippen molar-refractivity contribution in [3.8, 4) is 11.1 Å². The molecule has 0 saturated heterocycles. The fraction of sp³-hybridized carbons (Fsp3) is 0. The summed E-state index contributed by atoms with van der Waals surface area (Å²) in [5.74, 6) is 0. The average Bonchev–Trinajstić information content (AvgIpc) is 3.30. The Morgan fingerprint density at radius 1 is 0.349 bits per heavy atom. The number of benzene rings is 6. The monoisotopic (exact) mass is 616 g/mol. The molecule has 7 heteroatoms. The van der Waals surface area contributed by atoms with Crippen molar-refractivity contribution in [2.75, 3.05) is 0 Å². The van der Waals surface area contributed by atoms with Crippen molar-refractivity contribution in [1.29, 1.82) is 0 Å². The first-order valence-corrected chi connectivity index (χ1v) is 18.7. The van der Waals surface area contributed by atoms with E-state index < -0.39 is 24.1 Å². The van der Waals surface area contributed by atoms with Crippen LogP contribution < -0.4 is 31.8 Å². The Morgan fingerprint density at radius 2 is 0.628 bits per heavy atom. The number of sulfone groups is 1. The van der Waals surface area contributed by atoms with Crippen LogP contribution in [0, 0.1) is 0 Å². The molecule has 6 aromatic rings. The first-order valence-electron chi connectivity index (χ1n) is 13.8. The van der Waals surface area contributed by atoms with Gasteiger partial charge in [0, 0.05) is 43.0 Å². The van der Waals surface area contributed by atoms with Crippen LogP contribution in [0.15, 0.2) is 168 Å². The van der Waals surface area contributed by atoms with Crippen LogP contribution in [-0.2, 0) is 19.0 Å². The molecule has 0 amide bonds. The van der Waals surface area contributed by atoms with Gasteiger partial charge in [-0.1, -0.05) is 146 Å². The van der Waals surface area contributed by atoms with Crippen molar-refractivity contribution in [1.82, 2.24) is 0 Å². The molecule has 0 unspecified atom stereocenters. The van der Waals surface area contributed by atoms with Gasteiger partial charge in [0.2, 0.25) is 9.84 Å². The van der Waals surface area contributed by atoms with Gasteiger partial charge in [0.05, 0.1) is 9.79 Å². The molecule has 7 rings (SSSR count). The van der Waals surface area contributed by atoms with Crippen molar-refractivity contribution in [2.45, 2.75) is 9.79 Å². The van der Waals surface area contributed by atoms with E-state index in [9.17, 15) is 17.5 Å². The van der Waals surface area contributed by atoms with Crippen LogP contribution in [-0.4, -0.2) is 8.42 Å². The molecule has 0 aliphatic carbocycles. The zero-order chi connectivity index (χ0) is 29.7. The van der Waals surface area contributed by atoms with Crippen LogP contribution >= 0.6 is 14.3 Å². The Labute approximate surface area is 251 Å². The molecule has 0 atom stereocenters. The second-order valence-corrected chi connectivity index (χ2v) is 17.8. The lowest BCUT2D eigenvalue weighted by atomic mass is 10.1. The molecule has 0 N–H and O–H groups in total. The fourth-order valence-corrected chi connectivity index (χ4v) is 13.1. The Hall–Kier alpha value is -4.27. The second kappa shape index (κ2) is 10.5. The SMILES string of the molecule is O=P(c1ccccc1)(c1ccccc1)c1ccc2c(c1)S(=O)(=O)c1cc(P(=O)(c3ccccc3)c3ccccc3)ccc1-2. The van der Waals surface area contributed by atoms with Gasteiger partial charge in [0.1, 0.15) is 0 Å². The summed E-state index contributed by atoms with van der Waals surface area (Å²) in [5.41, 5.74) is 1.10. The lowest BCUT2D eigenvalue weighted by molar-refractivity contribution is 0.591. The van der Waals surface area contributed by atoms with Crippen molar-refractivity contribution in [2.24, 2.45) is 0 Å². The van der Waals surface area contributed by atoms with Gasteiger partial charge < -0.3 is 9.13 Å². The molecule has 0 aromatic heterocycles. The van der Waals surface area contributed by atoms with Crippen molar-refractivity contribution in [3.05, 3.63) is 158 Å². The molecule has 0 radical (unpaired) electrons. The number of rotatable bonds is 6. The second-order valence-electron chi connectivity index (χ2n) is 10.4. The van der Waals surface area contributed by atoms with Crippen LogP contribution in [0.3, 0.4) is 0 Å². The highest BCUT2D eigenvalue weighted by molar-refractivity contribution is 7.92. The molecule has 1 aliphatic heterocycles. The Morgan fingerprint density at radius 3 is 0.907 bits per heavy atom. The minimum Gasteiger partial charge on any atom is -0.309 e. The number of hydrogen-bond acceptors (Lipinski definition) is 4. The normalized spacial score (nSPS) is 13.7. The highest BCUT2D eigenvalue weighted by Gasteiger charge is 2.39. The first kappa shape index (κ1) is 27.6. The van der Waals surface area contributed by atoms with Crippen LogP contribution in [0.2, 0.25) is 0 Å². The van der Waals surface area contributed by atoms with Gasteiger partial charge in [-0.3, -0.25) is 0 Å². The third-order valence-electron chi connectivity index (χ3n) is 8.01. The third-order valence-corrected chi connectivity index (χ3v) is 16.0. The maximum Gasteiger partial charge on any atom is 0.207 e. The highest BCUT2D eigenvalue weighted by Crippen LogP contribution is 2.49. The molecule has 4 nitrogen and oxygen atoms in total. The van der Waals surface area contributed by atoms with Gasteiger partial charge in [-0.25, -0.2) is 8.42 Å². The Kier molecular flexibility index (Phi) is 6.71. The van der Waals surface area contributed by atoms with Gasteiger partial charge >= 0.3 is 0 Å². The summed E-state index contributed by atoms with van der Waals surface area (Å²) in [6.45, 7) is 0. The predicted molar refractivity (Wildman–Crippen MR) is 176 cm³/mol. The minimum absolute atomic E-state index is 0.110. The maximum atomic E-state index is 15.0. The van der Waals surface area contributed by atoms with E-state index in [-0.39, 0.29) is 9.79 Å². The van der Waals surface area contributed by atoms with Gasteiger partial charge in [-0.2, -0.15) is 0 Å². The average molecular weight is 617 g/mol. The van der Waals surface area contributed by atoms with Crippen LogP contribution in [0.4, 0.5) is 0 Å². The Bertz CT molecular complexity index is 1940. The zero-order valence-corrected chi connectivity index (χ0v) is 25.6. The summed E-state index contributed by atoms with van der Waals surface area (Å²) in [6, 6.07) is 46.9. The molecule has 0 saturated carbocycles. The van der Waals surface area contributed by atoms with Gasteiger partial charge in [-0.15, -0.1) is 0 Å². The summed E-state index contributed by atoms with van der Waals surface area (Å²) in [7, 11) is -10.8. The van der Waals surface area contributed by atoms with Gasteiger partial charge in [-0.05, 0) is 12.1 Å². The molecule has 0 bridgehead atoms. The molecule has 210 valence electrons. The van der Waals surface area contributed by atoms with E-state index in [1.165, 1.54) is 0 Å². The van der Waals surface area contributed by atoms with E-state index >= 15 is 0 Å². The molecule has 0 spiro atoms. The summed E-state index contributed by atoms with van der Waals surface area (Å²) in [4.78, 5) is 0.219. The lowest BCUT2D eigenvalue weighted by Gasteiger charge is -2.20. The van der Waals surface area contributed by atoms with Crippen LogP contribution in [0.5, 0.6) is 0 Å². The van der Waals surface area contributed by atoms with E-state index in [0.29, 0.717) is 43.0 Å².